The van der Waals surface area contributed by atoms with Crippen LogP contribution in [0.3, 0.4) is 0 Å². The normalized spacial score (nSPS) is 12.1. The topological polar surface area (TPSA) is 90.1 Å². The summed E-state index contributed by atoms with van der Waals surface area (Å²) >= 11 is 9.94. The molecular formula is C14H13Br3N4O3. The van der Waals surface area contributed by atoms with E-state index < -0.39 is 11.0 Å². The van der Waals surface area contributed by atoms with Gasteiger partial charge in [-0.2, -0.15) is 5.10 Å². The number of rotatable bonds is 4. The number of carbonyl (C=O) groups excluding carboxylic acids is 1. The molecule has 1 aromatic carbocycles. The fourth-order valence-electron chi connectivity index (χ4n) is 2.14. The summed E-state index contributed by atoms with van der Waals surface area (Å²) < 4.78 is 3.32. The van der Waals surface area contributed by atoms with E-state index >= 15 is 0 Å². The lowest BCUT2D eigenvalue weighted by molar-refractivity contribution is -0.385. The van der Waals surface area contributed by atoms with Gasteiger partial charge in [0.1, 0.15) is 6.04 Å². The van der Waals surface area contributed by atoms with Crippen LogP contribution < -0.4 is 5.32 Å². The number of nitro benzene ring substituents is 1. The van der Waals surface area contributed by atoms with Crippen LogP contribution in [0.25, 0.3) is 0 Å². The monoisotopic (exact) mass is 522 g/mol. The predicted octanol–water partition coefficient (Wildman–Crippen LogP) is 4.90. The standard InChI is InChI=1S/C14H13Br3N4O3/c1-6-12(17)7(2)20(19-6)8(3)14(22)18-13-10(15)4-9(21(23)24)5-11(13)16/h4-5,8H,1-3H3,(H,18,22). The zero-order valence-corrected chi connectivity index (χ0v) is 17.7. The van der Waals surface area contributed by atoms with E-state index in [1.54, 1.807) is 11.6 Å². The molecule has 0 saturated carbocycles. The Bertz CT molecular complexity index is 812. The molecule has 0 aliphatic rings. The lowest BCUT2D eigenvalue weighted by atomic mass is 10.2. The minimum absolute atomic E-state index is 0.0812. The Labute approximate surface area is 163 Å². The lowest BCUT2D eigenvalue weighted by Gasteiger charge is -2.16. The SMILES string of the molecule is Cc1nn(C(C)C(=O)Nc2c(Br)cc([N+](=O)[O-])cc2Br)c(C)c1Br. The molecule has 1 aromatic heterocycles. The maximum atomic E-state index is 12.5. The van der Waals surface area contributed by atoms with Gasteiger partial charge in [-0.1, -0.05) is 0 Å². The van der Waals surface area contributed by atoms with E-state index in [1.807, 2.05) is 13.8 Å². The fourth-order valence-corrected chi connectivity index (χ4v) is 3.76. The van der Waals surface area contributed by atoms with Crippen LogP contribution in [0.15, 0.2) is 25.6 Å². The number of hydrogen-bond acceptors (Lipinski definition) is 4. The summed E-state index contributed by atoms with van der Waals surface area (Å²) in [4.78, 5) is 22.9. The molecule has 0 aliphatic carbocycles. The number of aryl methyl sites for hydroxylation is 1. The molecule has 1 N–H and O–H groups in total. The quantitative estimate of drug-likeness (QED) is 0.455. The molecule has 128 valence electrons. The Morgan fingerprint density at radius 1 is 1.29 bits per heavy atom. The van der Waals surface area contributed by atoms with Gasteiger partial charge in [0, 0.05) is 21.1 Å². The summed E-state index contributed by atoms with van der Waals surface area (Å²) in [6.07, 6.45) is 0. The third-order valence-electron chi connectivity index (χ3n) is 3.47. The lowest BCUT2D eigenvalue weighted by Crippen LogP contribution is -2.25. The number of hydrogen-bond donors (Lipinski definition) is 1. The number of anilines is 1. The zero-order valence-electron chi connectivity index (χ0n) is 12.9. The number of amides is 1. The summed E-state index contributed by atoms with van der Waals surface area (Å²) in [5.41, 5.74) is 1.99. The van der Waals surface area contributed by atoms with Crippen molar-refractivity contribution in [2.45, 2.75) is 26.8 Å². The van der Waals surface area contributed by atoms with Crippen molar-refractivity contribution in [3.05, 3.63) is 47.1 Å². The number of benzene rings is 1. The zero-order chi connectivity index (χ0) is 18.2. The van der Waals surface area contributed by atoms with Crippen molar-refractivity contribution in [3.63, 3.8) is 0 Å². The van der Waals surface area contributed by atoms with Crippen molar-refractivity contribution in [1.82, 2.24) is 9.78 Å². The first-order valence-electron chi connectivity index (χ1n) is 6.79. The molecule has 0 saturated heterocycles. The average Bonchev–Trinajstić information content (AvgIpc) is 2.77. The summed E-state index contributed by atoms with van der Waals surface area (Å²) in [5, 5.41) is 18.0. The first-order valence-corrected chi connectivity index (χ1v) is 9.16. The van der Waals surface area contributed by atoms with E-state index in [0.29, 0.717) is 14.6 Å². The van der Waals surface area contributed by atoms with Gasteiger partial charge in [0.2, 0.25) is 5.91 Å². The molecule has 1 amide bonds. The van der Waals surface area contributed by atoms with Gasteiger partial charge in [0.05, 0.1) is 26.5 Å². The fraction of sp³-hybridized carbons (Fsp3) is 0.286. The second-order valence-corrected chi connectivity index (χ2v) is 7.64. The molecule has 1 unspecified atom stereocenters. The van der Waals surface area contributed by atoms with Crippen LogP contribution in [0.5, 0.6) is 0 Å². The molecule has 1 atom stereocenters. The van der Waals surface area contributed by atoms with Crippen LogP contribution in [-0.2, 0) is 4.79 Å². The molecule has 2 rings (SSSR count). The Kier molecular flexibility index (Phi) is 5.82. The van der Waals surface area contributed by atoms with E-state index in [4.69, 9.17) is 0 Å². The largest absolute Gasteiger partial charge is 0.322 e. The van der Waals surface area contributed by atoms with Gasteiger partial charge < -0.3 is 5.32 Å². The van der Waals surface area contributed by atoms with Crippen molar-refractivity contribution in [1.29, 1.82) is 0 Å². The van der Waals surface area contributed by atoms with Crippen LogP contribution in [-0.4, -0.2) is 20.6 Å². The highest BCUT2D eigenvalue weighted by Gasteiger charge is 2.23. The predicted molar refractivity (Wildman–Crippen MR) is 101 cm³/mol. The van der Waals surface area contributed by atoms with Crippen molar-refractivity contribution < 1.29 is 9.72 Å². The maximum absolute atomic E-state index is 12.5. The number of non-ortho nitro benzene ring substituents is 1. The summed E-state index contributed by atoms with van der Waals surface area (Å²) in [6.45, 7) is 5.45. The molecule has 0 aliphatic heterocycles. The van der Waals surface area contributed by atoms with Gasteiger partial charge in [-0.3, -0.25) is 19.6 Å². The molecule has 0 fully saturated rings. The van der Waals surface area contributed by atoms with Crippen LogP contribution in [0.4, 0.5) is 11.4 Å². The minimum Gasteiger partial charge on any atom is -0.322 e. The second-order valence-electron chi connectivity index (χ2n) is 5.14. The Morgan fingerprint density at radius 3 is 2.25 bits per heavy atom. The first kappa shape index (κ1) is 19.1. The summed E-state index contributed by atoms with van der Waals surface area (Å²) in [5.74, 6) is -0.289. The van der Waals surface area contributed by atoms with Gasteiger partial charge in [0.25, 0.3) is 5.69 Å². The highest BCUT2D eigenvalue weighted by Crippen LogP contribution is 2.35. The molecule has 7 nitrogen and oxygen atoms in total. The van der Waals surface area contributed by atoms with Crippen LogP contribution >= 0.6 is 47.8 Å². The number of halogens is 3. The number of carbonyl (C=O) groups is 1. The Balaban J connectivity index is 2.29. The molecule has 2 aromatic rings. The number of nitrogens with zero attached hydrogens (tertiary/aromatic N) is 3. The molecule has 10 heteroatoms. The van der Waals surface area contributed by atoms with Gasteiger partial charge >= 0.3 is 0 Å². The van der Waals surface area contributed by atoms with Crippen molar-refractivity contribution in [2.24, 2.45) is 0 Å². The van der Waals surface area contributed by atoms with Crippen LogP contribution in [0, 0.1) is 24.0 Å². The smallest absolute Gasteiger partial charge is 0.271 e. The maximum Gasteiger partial charge on any atom is 0.271 e. The second kappa shape index (κ2) is 7.32. The molecule has 24 heavy (non-hydrogen) atoms. The van der Waals surface area contributed by atoms with E-state index in [1.165, 1.54) is 12.1 Å². The molecule has 0 spiro atoms. The molecule has 0 radical (unpaired) electrons. The van der Waals surface area contributed by atoms with E-state index in [0.717, 1.165) is 15.9 Å². The molecule has 1 heterocycles. The van der Waals surface area contributed by atoms with E-state index in [-0.39, 0.29) is 11.6 Å². The van der Waals surface area contributed by atoms with Gasteiger partial charge in [0.15, 0.2) is 0 Å². The van der Waals surface area contributed by atoms with Gasteiger partial charge in [-0.25, -0.2) is 0 Å². The number of aromatic nitrogens is 2. The van der Waals surface area contributed by atoms with Crippen molar-refractivity contribution in [2.75, 3.05) is 5.32 Å². The Morgan fingerprint density at radius 2 is 1.83 bits per heavy atom. The molecule has 0 bridgehead atoms. The van der Waals surface area contributed by atoms with Crippen LogP contribution in [0.2, 0.25) is 0 Å². The highest BCUT2D eigenvalue weighted by atomic mass is 79.9. The third-order valence-corrected chi connectivity index (χ3v) is 5.87. The highest BCUT2D eigenvalue weighted by molar-refractivity contribution is 9.11. The van der Waals surface area contributed by atoms with Crippen molar-refractivity contribution >= 4 is 65.1 Å². The number of nitrogens with one attached hydrogen (secondary N) is 1. The van der Waals surface area contributed by atoms with E-state index in [2.05, 4.69) is 58.2 Å². The number of nitro groups is 1. The van der Waals surface area contributed by atoms with Gasteiger partial charge in [-0.15, -0.1) is 0 Å². The van der Waals surface area contributed by atoms with Gasteiger partial charge in [-0.05, 0) is 68.6 Å². The minimum atomic E-state index is -0.552. The van der Waals surface area contributed by atoms with Crippen LogP contribution in [0.1, 0.15) is 24.4 Å². The average molecular weight is 525 g/mol. The van der Waals surface area contributed by atoms with Crippen molar-refractivity contribution in [3.8, 4) is 0 Å². The third kappa shape index (κ3) is 3.70. The summed E-state index contributed by atoms with van der Waals surface area (Å²) in [7, 11) is 0. The Hall–Kier alpha value is -1.26. The molecular weight excluding hydrogens is 512 g/mol. The van der Waals surface area contributed by atoms with E-state index in [9.17, 15) is 14.9 Å². The summed E-state index contributed by atoms with van der Waals surface area (Å²) in [6, 6.07) is 2.12. The first-order chi connectivity index (χ1) is 11.1.